The molecule has 3 aliphatic rings. The van der Waals surface area contributed by atoms with E-state index in [9.17, 15) is 28.9 Å². The Morgan fingerprint density at radius 2 is 1.82 bits per heavy atom. The summed E-state index contributed by atoms with van der Waals surface area (Å²) in [5, 5.41) is 20.0. The SMILES string of the molecule is C[C@]12CCC3c4ccc(OC(=O)c5ccccc5)cc4CCC3C1CCC2OCCCOP(=O)(O)N[C@@H](CCC(=O)O)C(=O)O. The van der Waals surface area contributed by atoms with Gasteiger partial charge in [-0.15, -0.1) is 0 Å². The standard InChI is InChI=1S/C33H42NO10P/c1-33-17-16-25-24-11-9-23(44-32(39)21-6-3-2-4-7-21)20-22(24)8-10-26(25)27(33)12-14-29(33)42-18-5-19-43-45(40,41)34-28(31(37)38)13-15-30(35)36/h2-4,6-7,9,11,20,25-29H,5,8,10,12-19H2,1H3,(H,35,36)(H,37,38)(H2,34,40,41)/t25?,26?,27?,28-,29?,33-/m0/s1. The molecule has 0 radical (unpaired) electrons. The van der Waals surface area contributed by atoms with Gasteiger partial charge in [0.1, 0.15) is 11.8 Å². The number of ether oxygens (including phenoxy) is 2. The van der Waals surface area contributed by atoms with Crippen molar-refractivity contribution >= 4 is 25.7 Å². The third kappa shape index (κ3) is 7.84. The van der Waals surface area contributed by atoms with Gasteiger partial charge in [-0.05, 0) is 110 Å². The van der Waals surface area contributed by atoms with Gasteiger partial charge in [0.25, 0.3) is 0 Å². The Bertz CT molecular complexity index is 1430. The number of nitrogens with one attached hydrogen (secondary N) is 1. The van der Waals surface area contributed by atoms with Crippen LogP contribution in [-0.2, 0) is 29.8 Å². The Kier molecular flexibility index (Phi) is 10.5. The lowest BCUT2D eigenvalue weighted by molar-refractivity contribution is -0.140. The van der Waals surface area contributed by atoms with Gasteiger partial charge in [0.05, 0.1) is 18.3 Å². The van der Waals surface area contributed by atoms with Crippen molar-refractivity contribution in [1.82, 2.24) is 5.09 Å². The number of hydrogen-bond donors (Lipinski definition) is 4. The zero-order valence-electron chi connectivity index (χ0n) is 25.4. The Balaban J connectivity index is 1.11. The Morgan fingerprint density at radius 3 is 2.56 bits per heavy atom. The summed E-state index contributed by atoms with van der Waals surface area (Å²) in [7, 11) is -4.44. The fourth-order valence-corrected chi connectivity index (χ4v) is 8.89. The fraction of sp³-hybridized carbons (Fsp3) is 0.545. The molecule has 5 rings (SSSR count). The van der Waals surface area contributed by atoms with Crippen molar-refractivity contribution in [2.75, 3.05) is 13.2 Å². The molecule has 11 nitrogen and oxygen atoms in total. The number of fused-ring (bicyclic) bond motifs is 5. The van der Waals surface area contributed by atoms with Crippen LogP contribution in [0.3, 0.4) is 0 Å². The summed E-state index contributed by atoms with van der Waals surface area (Å²) in [6.45, 7) is 2.57. The van der Waals surface area contributed by atoms with Crippen LogP contribution in [0.2, 0.25) is 0 Å². The molecule has 3 aliphatic carbocycles. The largest absolute Gasteiger partial charge is 0.481 e. The van der Waals surface area contributed by atoms with Crippen LogP contribution in [0.4, 0.5) is 0 Å². The van der Waals surface area contributed by atoms with Gasteiger partial charge >= 0.3 is 25.7 Å². The van der Waals surface area contributed by atoms with Crippen LogP contribution in [0.15, 0.2) is 48.5 Å². The first-order chi connectivity index (χ1) is 21.5. The van der Waals surface area contributed by atoms with E-state index in [0.717, 1.165) is 38.5 Å². The Morgan fingerprint density at radius 1 is 1.04 bits per heavy atom. The molecule has 2 aromatic rings. The predicted molar refractivity (Wildman–Crippen MR) is 164 cm³/mol. The maximum Gasteiger partial charge on any atom is 0.403 e. The number of aliphatic carboxylic acids is 2. The number of hydrogen-bond acceptors (Lipinski definition) is 7. The van der Waals surface area contributed by atoms with Gasteiger partial charge in [0.2, 0.25) is 0 Å². The van der Waals surface area contributed by atoms with E-state index >= 15 is 0 Å². The molecule has 45 heavy (non-hydrogen) atoms. The van der Waals surface area contributed by atoms with E-state index in [1.165, 1.54) is 11.1 Å². The van der Waals surface area contributed by atoms with Crippen molar-refractivity contribution in [3.8, 4) is 5.75 Å². The summed E-state index contributed by atoms with van der Waals surface area (Å²) < 4.78 is 29.4. The smallest absolute Gasteiger partial charge is 0.403 e. The van der Waals surface area contributed by atoms with Crippen molar-refractivity contribution < 1.29 is 48.1 Å². The lowest BCUT2D eigenvalue weighted by Gasteiger charge is -2.50. The first kappa shape index (κ1) is 33.3. The number of aryl methyl sites for hydroxylation is 1. The minimum Gasteiger partial charge on any atom is -0.481 e. The maximum absolute atomic E-state index is 12.6. The van der Waals surface area contributed by atoms with Gasteiger partial charge < -0.3 is 24.6 Å². The molecule has 5 unspecified atom stereocenters. The first-order valence-electron chi connectivity index (χ1n) is 15.7. The molecule has 0 aromatic heterocycles. The number of carbonyl (C=O) groups is 3. The predicted octanol–water partition coefficient (Wildman–Crippen LogP) is 5.56. The van der Waals surface area contributed by atoms with Gasteiger partial charge in [0, 0.05) is 13.0 Å². The quantitative estimate of drug-likeness (QED) is 0.0880. The van der Waals surface area contributed by atoms with Crippen LogP contribution in [0.5, 0.6) is 5.75 Å². The molecule has 7 atom stereocenters. The minimum absolute atomic E-state index is 0.0390. The van der Waals surface area contributed by atoms with E-state index in [-0.39, 0.29) is 30.5 Å². The highest BCUT2D eigenvalue weighted by Gasteiger charge is 2.55. The summed E-state index contributed by atoms with van der Waals surface area (Å²) in [6, 6.07) is 13.6. The molecular weight excluding hydrogens is 601 g/mol. The van der Waals surface area contributed by atoms with E-state index < -0.39 is 32.1 Å². The number of carbonyl (C=O) groups excluding carboxylic acids is 1. The van der Waals surface area contributed by atoms with Crippen LogP contribution in [0.25, 0.3) is 0 Å². The van der Waals surface area contributed by atoms with Gasteiger partial charge in [-0.3, -0.25) is 14.1 Å². The number of carboxylic acids is 2. The lowest BCUT2D eigenvalue weighted by Crippen LogP contribution is -2.44. The number of rotatable bonds is 14. The van der Waals surface area contributed by atoms with E-state index in [1.807, 2.05) is 35.4 Å². The molecule has 2 aromatic carbocycles. The molecule has 0 saturated heterocycles. The summed E-state index contributed by atoms with van der Waals surface area (Å²) in [4.78, 5) is 44.7. The van der Waals surface area contributed by atoms with E-state index in [0.29, 0.717) is 42.1 Å². The highest BCUT2D eigenvalue weighted by Crippen LogP contribution is 2.61. The average Bonchev–Trinajstić information content (AvgIpc) is 3.35. The van der Waals surface area contributed by atoms with E-state index in [1.54, 1.807) is 12.1 Å². The fourth-order valence-electron chi connectivity index (χ4n) is 7.81. The Hall–Kier alpha value is -3.08. The van der Waals surface area contributed by atoms with E-state index in [2.05, 4.69) is 13.0 Å². The normalized spacial score (nSPS) is 27.3. The molecule has 0 aliphatic heterocycles. The van der Waals surface area contributed by atoms with Gasteiger partial charge in [-0.25, -0.2) is 14.4 Å². The van der Waals surface area contributed by atoms with Gasteiger partial charge in [0.15, 0.2) is 0 Å². The monoisotopic (exact) mass is 643 g/mol. The number of esters is 1. The highest BCUT2D eigenvalue weighted by molar-refractivity contribution is 7.50. The molecule has 2 fully saturated rings. The third-order valence-electron chi connectivity index (χ3n) is 9.97. The van der Waals surface area contributed by atoms with Crippen molar-refractivity contribution in [2.45, 2.75) is 82.8 Å². The van der Waals surface area contributed by atoms with Gasteiger partial charge in [-0.1, -0.05) is 31.2 Å². The topological polar surface area (TPSA) is 169 Å². The van der Waals surface area contributed by atoms with Crippen LogP contribution in [0, 0.1) is 17.3 Å². The van der Waals surface area contributed by atoms with Crippen molar-refractivity contribution in [1.29, 1.82) is 0 Å². The molecule has 4 N–H and O–H groups in total. The molecule has 0 heterocycles. The summed E-state index contributed by atoms with van der Waals surface area (Å²) in [5.74, 6) is -0.851. The summed E-state index contributed by atoms with van der Waals surface area (Å²) in [6.07, 6.45) is 5.79. The highest BCUT2D eigenvalue weighted by atomic mass is 31.2. The second kappa shape index (κ2) is 14.1. The van der Waals surface area contributed by atoms with Crippen molar-refractivity contribution in [3.63, 3.8) is 0 Å². The second-order valence-electron chi connectivity index (χ2n) is 12.7. The molecule has 244 valence electrons. The van der Waals surface area contributed by atoms with Gasteiger partial charge in [-0.2, -0.15) is 0 Å². The second-order valence-corrected chi connectivity index (χ2v) is 14.2. The molecule has 0 bridgehead atoms. The van der Waals surface area contributed by atoms with Crippen LogP contribution in [0.1, 0.15) is 85.7 Å². The Labute approximate surface area is 262 Å². The number of benzene rings is 2. The average molecular weight is 644 g/mol. The van der Waals surface area contributed by atoms with Crippen LogP contribution >= 0.6 is 7.75 Å². The zero-order chi connectivity index (χ0) is 32.2. The lowest BCUT2D eigenvalue weighted by atomic mass is 9.55. The molecule has 0 amide bonds. The molecule has 0 spiro atoms. The van der Waals surface area contributed by atoms with Crippen molar-refractivity contribution in [3.05, 3.63) is 65.2 Å². The van der Waals surface area contributed by atoms with E-state index in [4.69, 9.17) is 19.1 Å². The maximum atomic E-state index is 12.6. The summed E-state index contributed by atoms with van der Waals surface area (Å²) in [5.41, 5.74) is 3.19. The summed E-state index contributed by atoms with van der Waals surface area (Å²) >= 11 is 0. The minimum atomic E-state index is -4.44. The molecule has 12 heteroatoms. The first-order valence-corrected chi connectivity index (χ1v) is 17.3. The van der Waals surface area contributed by atoms with Crippen LogP contribution < -0.4 is 9.82 Å². The zero-order valence-corrected chi connectivity index (χ0v) is 26.3. The molecular formula is C33H42NO10P. The van der Waals surface area contributed by atoms with Crippen molar-refractivity contribution in [2.24, 2.45) is 17.3 Å². The number of carboxylic acid groups (broad SMARTS) is 2. The molecule has 2 saturated carbocycles. The third-order valence-corrected chi connectivity index (χ3v) is 11.1. The van der Waals surface area contributed by atoms with Crippen LogP contribution in [-0.4, -0.2) is 58.4 Å².